The number of anilines is 1. The van der Waals surface area contributed by atoms with E-state index in [1.807, 2.05) is 0 Å². The second kappa shape index (κ2) is 3.29. The SMILES string of the molecule is O=[N+]([O-])c1cnc(NC2CCC2)s1. The van der Waals surface area contributed by atoms with Gasteiger partial charge in [0.05, 0.1) is 4.92 Å². The van der Waals surface area contributed by atoms with Gasteiger partial charge in [-0.1, -0.05) is 0 Å². The average Bonchev–Trinajstić information content (AvgIpc) is 2.44. The van der Waals surface area contributed by atoms with Crippen LogP contribution in [0.3, 0.4) is 0 Å². The van der Waals surface area contributed by atoms with Crippen molar-refractivity contribution < 1.29 is 4.92 Å². The second-order valence-corrected chi connectivity index (χ2v) is 4.04. The summed E-state index contributed by atoms with van der Waals surface area (Å²) in [6, 6.07) is 0.478. The van der Waals surface area contributed by atoms with Gasteiger partial charge in [0.1, 0.15) is 6.20 Å². The third-order valence-electron chi connectivity index (χ3n) is 2.11. The van der Waals surface area contributed by atoms with Crippen LogP contribution in [0.15, 0.2) is 6.20 Å². The van der Waals surface area contributed by atoms with Crippen LogP contribution in [0.1, 0.15) is 19.3 Å². The van der Waals surface area contributed by atoms with Gasteiger partial charge in [-0.2, -0.15) is 0 Å². The normalized spacial score (nSPS) is 16.6. The van der Waals surface area contributed by atoms with Crippen molar-refractivity contribution in [3.63, 3.8) is 0 Å². The first-order valence-electron chi connectivity index (χ1n) is 4.12. The molecule has 0 aromatic carbocycles. The van der Waals surface area contributed by atoms with Gasteiger partial charge in [0.15, 0.2) is 5.13 Å². The van der Waals surface area contributed by atoms with E-state index in [0.717, 1.165) is 24.2 Å². The predicted octanol–water partition coefficient (Wildman–Crippen LogP) is 2.02. The fourth-order valence-corrected chi connectivity index (χ4v) is 1.85. The first-order chi connectivity index (χ1) is 6.25. The van der Waals surface area contributed by atoms with E-state index in [4.69, 9.17) is 0 Å². The highest BCUT2D eigenvalue weighted by Crippen LogP contribution is 2.29. The minimum Gasteiger partial charge on any atom is -0.359 e. The minimum absolute atomic E-state index is 0.0989. The van der Waals surface area contributed by atoms with E-state index in [-0.39, 0.29) is 5.00 Å². The molecule has 2 rings (SSSR count). The Morgan fingerprint density at radius 3 is 2.92 bits per heavy atom. The van der Waals surface area contributed by atoms with E-state index in [1.54, 1.807) is 0 Å². The Labute approximate surface area is 78.9 Å². The van der Waals surface area contributed by atoms with Gasteiger partial charge < -0.3 is 5.32 Å². The number of hydrogen-bond acceptors (Lipinski definition) is 5. The molecular formula is C7H9N3O2S. The van der Waals surface area contributed by atoms with Crippen LogP contribution in [0, 0.1) is 10.1 Å². The molecule has 1 aromatic rings. The number of aromatic nitrogens is 1. The van der Waals surface area contributed by atoms with Gasteiger partial charge in [0.25, 0.3) is 0 Å². The topological polar surface area (TPSA) is 68.1 Å². The Kier molecular flexibility index (Phi) is 2.13. The van der Waals surface area contributed by atoms with Crippen molar-refractivity contribution in [1.82, 2.24) is 4.98 Å². The molecule has 70 valence electrons. The van der Waals surface area contributed by atoms with Crippen molar-refractivity contribution >= 4 is 21.5 Å². The molecule has 0 bridgehead atoms. The Morgan fingerprint density at radius 2 is 2.46 bits per heavy atom. The van der Waals surface area contributed by atoms with Crippen LogP contribution < -0.4 is 5.32 Å². The summed E-state index contributed by atoms with van der Waals surface area (Å²) < 4.78 is 0. The van der Waals surface area contributed by atoms with E-state index in [1.165, 1.54) is 12.6 Å². The molecule has 1 saturated carbocycles. The molecule has 0 saturated heterocycles. The lowest BCUT2D eigenvalue weighted by Crippen LogP contribution is -2.26. The fourth-order valence-electron chi connectivity index (χ4n) is 1.14. The summed E-state index contributed by atoms with van der Waals surface area (Å²) >= 11 is 1.10. The molecule has 0 unspecified atom stereocenters. The zero-order valence-electron chi connectivity index (χ0n) is 6.90. The van der Waals surface area contributed by atoms with Gasteiger partial charge in [-0.25, -0.2) is 4.98 Å². The lowest BCUT2D eigenvalue weighted by atomic mass is 9.93. The van der Waals surface area contributed by atoms with E-state index in [0.29, 0.717) is 11.2 Å². The number of nitro groups is 1. The Hall–Kier alpha value is -1.17. The molecule has 1 heterocycles. The zero-order valence-corrected chi connectivity index (χ0v) is 7.71. The van der Waals surface area contributed by atoms with Crippen molar-refractivity contribution in [2.24, 2.45) is 0 Å². The monoisotopic (exact) mass is 199 g/mol. The van der Waals surface area contributed by atoms with Gasteiger partial charge in [0, 0.05) is 6.04 Å². The highest BCUT2D eigenvalue weighted by atomic mass is 32.1. The highest BCUT2D eigenvalue weighted by Gasteiger charge is 2.19. The predicted molar refractivity (Wildman–Crippen MR) is 50.0 cm³/mol. The van der Waals surface area contributed by atoms with Gasteiger partial charge >= 0.3 is 5.00 Å². The lowest BCUT2D eigenvalue weighted by Gasteiger charge is -2.25. The van der Waals surface area contributed by atoms with Gasteiger partial charge in [0.2, 0.25) is 0 Å². The van der Waals surface area contributed by atoms with Crippen LogP contribution in [-0.4, -0.2) is 15.9 Å². The first-order valence-corrected chi connectivity index (χ1v) is 4.94. The summed E-state index contributed by atoms with van der Waals surface area (Å²) in [5.41, 5.74) is 0. The standard InChI is InChI=1S/C7H9N3O2S/c11-10(12)6-4-8-7(13-6)9-5-2-1-3-5/h4-5H,1-3H2,(H,8,9). The smallest absolute Gasteiger partial charge is 0.345 e. The molecule has 13 heavy (non-hydrogen) atoms. The number of nitrogens with zero attached hydrogens (tertiary/aromatic N) is 2. The molecule has 1 aliphatic rings. The number of nitrogens with one attached hydrogen (secondary N) is 1. The van der Waals surface area contributed by atoms with Gasteiger partial charge in [-0.15, -0.1) is 0 Å². The van der Waals surface area contributed by atoms with Gasteiger partial charge in [-0.05, 0) is 30.6 Å². The summed E-state index contributed by atoms with van der Waals surface area (Å²) in [4.78, 5) is 13.8. The van der Waals surface area contributed by atoms with E-state index < -0.39 is 4.92 Å². The van der Waals surface area contributed by atoms with E-state index in [2.05, 4.69) is 10.3 Å². The Morgan fingerprint density at radius 1 is 1.69 bits per heavy atom. The third-order valence-corrected chi connectivity index (χ3v) is 2.99. The minimum atomic E-state index is -0.413. The molecule has 1 fully saturated rings. The van der Waals surface area contributed by atoms with Crippen molar-refractivity contribution in [1.29, 1.82) is 0 Å². The maximum absolute atomic E-state index is 10.3. The molecule has 6 heteroatoms. The fraction of sp³-hybridized carbons (Fsp3) is 0.571. The number of hydrogen-bond donors (Lipinski definition) is 1. The van der Waals surface area contributed by atoms with Crippen LogP contribution in [0.25, 0.3) is 0 Å². The van der Waals surface area contributed by atoms with E-state index >= 15 is 0 Å². The summed E-state index contributed by atoms with van der Waals surface area (Å²) in [5.74, 6) is 0. The Bertz CT molecular complexity index is 321. The summed E-state index contributed by atoms with van der Waals surface area (Å²) in [6.45, 7) is 0. The number of rotatable bonds is 3. The van der Waals surface area contributed by atoms with Gasteiger partial charge in [-0.3, -0.25) is 10.1 Å². The molecule has 1 aliphatic carbocycles. The average molecular weight is 199 g/mol. The summed E-state index contributed by atoms with van der Waals surface area (Å²) in [6.07, 6.45) is 4.83. The van der Waals surface area contributed by atoms with Crippen molar-refractivity contribution in [2.75, 3.05) is 5.32 Å². The molecule has 0 radical (unpaired) electrons. The van der Waals surface area contributed by atoms with Crippen LogP contribution >= 0.6 is 11.3 Å². The highest BCUT2D eigenvalue weighted by molar-refractivity contribution is 7.18. The maximum atomic E-state index is 10.3. The molecule has 0 amide bonds. The molecule has 5 nitrogen and oxygen atoms in total. The van der Waals surface area contributed by atoms with Crippen LogP contribution in [-0.2, 0) is 0 Å². The van der Waals surface area contributed by atoms with E-state index in [9.17, 15) is 10.1 Å². The summed E-state index contributed by atoms with van der Waals surface area (Å²) in [7, 11) is 0. The molecule has 1 aromatic heterocycles. The molecular weight excluding hydrogens is 190 g/mol. The molecule has 0 atom stereocenters. The zero-order chi connectivity index (χ0) is 9.26. The first kappa shape index (κ1) is 8.43. The molecule has 0 spiro atoms. The largest absolute Gasteiger partial charge is 0.359 e. The quantitative estimate of drug-likeness (QED) is 0.597. The second-order valence-electron chi connectivity index (χ2n) is 3.03. The Balaban J connectivity index is 2.00. The van der Waals surface area contributed by atoms with Crippen molar-refractivity contribution in [3.8, 4) is 0 Å². The molecule has 0 aliphatic heterocycles. The maximum Gasteiger partial charge on any atom is 0.345 e. The number of thiazole rings is 1. The van der Waals surface area contributed by atoms with Crippen LogP contribution in [0.5, 0.6) is 0 Å². The molecule has 1 N–H and O–H groups in total. The lowest BCUT2D eigenvalue weighted by molar-refractivity contribution is -0.380. The van der Waals surface area contributed by atoms with Crippen molar-refractivity contribution in [2.45, 2.75) is 25.3 Å². The summed E-state index contributed by atoms with van der Waals surface area (Å²) in [5, 5.41) is 14.3. The van der Waals surface area contributed by atoms with Crippen LogP contribution in [0.4, 0.5) is 10.1 Å². The van der Waals surface area contributed by atoms with Crippen LogP contribution in [0.2, 0.25) is 0 Å². The third kappa shape index (κ3) is 1.77. The van der Waals surface area contributed by atoms with Crippen molar-refractivity contribution in [3.05, 3.63) is 16.3 Å².